The second-order valence-electron chi connectivity index (χ2n) is 15.6. The molecule has 0 saturated heterocycles. The smallest absolute Gasteiger partial charge is 0.362 e. The van der Waals surface area contributed by atoms with Crippen molar-refractivity contribution in [3.63, 3.8) is 0 Å². The van der Waals surface area contributed by atoms with Crippen molar-refractivity contribution >= 4 is 17.9 Å². The number of carbonyl (C=O) groups is 3. The van der Waals surface area contributed by atoms with E-state index in [2.05, 4.69) is 86.8 Å². The predicted molar refractivity (Wildman–Crippen MR) is 233 cm³/mol. The van der Waals surface area contributed by atoms with Crippen LogP contribution in [0.5, 0.6) is 0 Å². The summed E-state index contributed by atoms with van der Waals surface area (Å²) in [5, 5.41) is 9.61. The van der Waals surface area contributed by atoms with Gasteiger partial charge in [-0.05, 0) is 57.8 Å². The number of allylic oxidation sites excluding steroid dienone is 12. The minimum absolute atomic E-state index is 0.0412. The average Bonchev–Trinajstić information content (AvgIpc) is 3.15. The molecular formula is C48H82NO7+. The third-order valence-corrected chi connectivity index (χ3v) is 9.37. The number of rotatable bonds is 38. The number of carboxylic acids is 1. The van der Waals surface area contributed by atoms with E-state index in [0.29, 0.717) is 19.3 Å². The third kappa shape index (κ3) is 36.4. The van der Waals surface area contributed by atoms with Gasteiger partial charge in [-0.3, -0.25) is 9.59 Å². The van der Waals surface area contributed by atoms with Crippen molar-refractivity contribution in [2.45, 2.75) is 174 Å². The van der Waals surface area contributed by atoms with Gasteiger partial charge in [0.1, 0.15) is 6.61 Å². The minimum Gasteiger partial charge on any atom is -0.477 e. The molecule has 0 amide bonds. The van der Waals surface area contributed by atoms with Gasteiger partial charge in [0, 0.05) is 19.3 Å². The van der Waals surface area contributed by atoms with Crippen LogP contribution in [0.1, 0.15) is 162 Å². The first-order valence-corrected chi connectivity index (χ1v) is 22.0. The summed E-state index contributed by atoms with van der Waals surface area (Å²) in [4.78, 5) is 36.9. The maximum Gasteiger partial charge on any atom is 0.362 e. The van der Waals surface area contributed by atoms with Crippen LogP contribution in [0, 0.1) is 0 Å². The number of quaternary nitrogens is 1. The number of nitrogens with zero attached hydrogens (tertiary/aromatic N) is 1. The number of esters is 2. The first-order chi connectivity index (χ1) is 27.1. The SMILES string of the molecule is CC/C=C/C/C=C/C/C=C/C/C=C/C/C=C/C/C=C/CCCC(=O)OCC(COCCC(C(=O)O)[N+](C)(C)C)OC(=O)CCCCCCCCCCCCCC. The van der Waals surface area contributed by atoms with Crippen LogP contribution in [0.2, 0.25) is 0 Å². The largest absolute Gasteiger partial charge is 0.477 e. The molecule has 0 radical (unpaired) electrons. The van der Waals surface area contributed by atoms with Crippen LogP contribution in [-0.2, 0) is 28.6 Å². The molecule has 0 heterocycles. The Morgan fingerprint density at radius 2 is 1.00 bits per heavy atom. The highest BCUT2D eigenvalue weighted by Crippen LogP contribution is 2.14. The van der Waals surface area contributed by atoms with Crippen LogP contribution in [0.25, 0.3) is 0 Å². The van der Waals surface area contributed by atoms with Gasteiger partial charge in [0.2, 0.25) is 0 Å². The van der Waals surface area contributed by atoms with E-state index in [0.717, 1.165) is 64.2 Å². The molecule has 8 nitrogen and oxygen atoms in total. The molecule has 0 spiro atoms. The van der Waals surface area contributed by atoms with Gasteiger partial charge in [-0.2, -0.15) is 0 Å². The highest BCUT2D eigenvalue weighted by molar-refractivity contribution is 5.72. The number of hydrogen-bond donors (Lipinski definition) is 1. The van der Waals surface area contributed by atoms with E-state index >= 15 is 0 Å². The van der Waals surface area contributed by atoms with E-state index in [-0.39, 0.29) is 42.7 Å². The normalized spacial score (nSPS) is 13.7. The predicted octanol–water partition coefficient (Wildman–Crippen LogP) is 12.0. The first kappa shape index (κ1) is 52.8. The first-order valence-electron chi connectivity index (χ1n) is 22.0. The molecular weight excluding hydrogens is 703 g/mol. The topological polar surface area (TPSA) is 99.1 Å². The number of unbranched alkanes of at least 4 members (excludes halogenated alkanes) is 12. The molecule has 0 bridgehead atoms. The van der Waals surface area contributed by atoms with Crippen molar-refractivity contribution in [3.8, 4) is 0 Å². The van der Waals surface area contributed by atoms with Crippen molar-refractivity contribution in [2.75, 3.05) is 41.0 Å². The van der Waals surface area contributed by atoms with Gasteiger partial charge >= 0.3 is 17.9 Å². The molecule has 0 saturated carbocycles. The monoisotopic (exact) mass is 785 g/mol. The Bertz CT molecular complexity index is 1140. The van der Waals surface area contributed by atoms with Crippen LogP contribution in [-0.4, -0.2) is 80.6 Å². The molecule has 2 atom stereocenters. The molecule has 0 aromatic carbocycles. The summed E-state index contributed by atoms with van der Waals surface area (Å²) < 4.78 is 17.2. The molecule has 0 aromatic rings. The molecule has 1 N–H and O–H groups in total. The van der Waals surface area contributed by atoms with Gasteiger partial charge in [-0.1, -0.05) is 157 Å². The number of ether oxygens (including phenoxy) is 3. The maximum absolute atomic E-state index is 12.7. The number of hydrogen-bond acceptors (Lipinski definition) is 6. The molecule has 0 aliphatic carbocycles. The van der Waals surface area contributed by atoms with Gasteiger partial charge in [-0.25, -0.2) is 4.79 Å². The molecule has 0 aromatic heterocycles. The lowest BCUT2D eigenvalue weighted by molar-refractivity contribution is -0.887. The quantitative estimate of drug-likeness (QED) is 0.0288. The molecule has 56 heavy (non-hydrogen) atoms. The van der Waals surface area contributed by atoms with E-state index in [9.17, 15) is 19.5 Å². The van der Waals surface area contributed by atoms with E-state index in [1.54, 1.807) is 0 Å². The Kier molecular flexibility index (Phi) is 36.4. The molecule has 0 fully saturated rings. The minimum atomic E-state index is -0.885. The van der Waals surface area contributed by atoms with Crippen molar-refractivity contribution in [1.29, 1.82) is 0 Å². The van der Waals surface area contributed by atoms with E-state index < -0.39 is 18.1 Å². The molecule has 8 heteroatoms. The summed E-state index contributed by atoms with van der Waals surface area (Å²) in [6.07, 6.45) is 48.1. The second kappa shape index (κ2) is 38.6. The van der Waals surface area contributed by atoms with Gasteiger partial charge < -0.3 is 23.8 Å². The van der Waals surface area contributed by atoms with Crippen LogP contribution >= 0.6 is 0 Å². The lowest BCUT2D eigenvalue weighted by Crippen LogP contribution is -2.50. The molecule has 0 aliphatic heterocycles. The fourth-order valence-electron chi connectivity index (χ4n) is 5.99. The summed E-state index contributed by atoms with van der Waals surface area (Å²) in [6.45, 7) is 4.55. The standard InChI is InChI=1S/C48H81NO7/c1-6-8-10-12-14-16-18-20-21-22-23-24-25-26-27-29-30-32-34-36-38-46(50)55-43-44(42-54-41-40-45(48(52)53)49(3,4)5)56-47(51)39-37-35-33-31-28-19-17-15-13-11-9-7-2/h8,10,14,16,20-21,23-24,26-27,30,32,44-45H,6-7,9,11-13,15,17-19,22,25,28-29,31,33-43H2,1-5H3/p+1/b10-8+,16-14+,21-20+,24-23+,27-26+,32-30+. The Labute approximate surface area is 342 Å². The molecule has 2 unspecified atom stereocenters. The van der Waals surface area contributed by atoms with Crippen LogP contribution in [0.15, 0.2) is 72.9 Å². The highest BCUT2D eigenvalue weighted by atomic mass is 16.6. The van der Waals surface area contributed by atoms with Crippen molar-refractivity contribution in [1.82, 2.24) is 0 Å². The number of likely N-dealkylation sites (N-methyl/N-ethyl adjacent to an activating group) is 1. The van der Waals surface area contributed by atoms with Gasteiger partial charge in [-0.15, -0.1) is 0 Å². The lowest BCUT2D eigenvalue weighted by atomic mass is 10.0. The summed E-state index contributed by atoms with van der Waals surface area (Å²) in [5.74, 6) is -1.55. The lowest BCUT2D eigenvalue weighted by Gasteiger charge is -2.31. The number of carbonyl (C=O) groups excluding carboxylic acids is 2. The number of carboxylic acid groups (broad SMARTS) is 1. The van der Waals surface area contributed by atoms with Crippen molar-refractivity contribution in [3.05, 3.63) is 72.9 Å². The van der Waals surface area contributed by atoms with Crippen LogP contribution in [0.3, 0.4) is 0 Å². The Hall–Kier alpha value is -3.23. The van der Waals surface area contributed by atoms with Crippen LogP contribution in [0.4, 0.5) is 0 Å². The molecule has 0 rings (SSSR count). The fraction of sp³-hybridized carbons (Fsp3) is 0.688. The van der Waals surface area contributed by atoms with Gasteiger partial charge in [0.25, 0.3) is 0 Å². The van der Waals surface area contributed by atoms with E-state index in [4.69, 9.17) is 14.2 Å². The van der Waals surface area contributed by atoms with Crippen molar-refractivity contribution in [2.24, 2.45) is 0 Å². The summed E-state index contributed by atoms with van der Waals surface area (Å²) >= 11 is 0. The molecule has 0 aliphatic rings. The summed E-state index contributed by atoms with van der Waals surface area (Å²) in [7, 11) is 5.50. The zero-order valence-corrected chi connectivity index (χ0v) is 36.3. The number of aliphatic carboxylic acids is 1. The Morgan fingerprint density at radius 3 is 1.46 bits per heavy atom. The Morgan fingerprint density at radius 1 is 0.554 bits per heavy atom. The molecule has 320 valence electrons. The fourth-order valence-corrected chi connectivity index (χ4v) is 5.99. The second-order valence-corrected chi connectivity index (χ2v) is 15.6. The third-order valence-electron chi connectivity index (χ3n) is 9.37. The van der Waals surface area contributed by atoms with Gasteiger partial charge in [0.15, 0.2) is 12.1 Å². The zero-order chi connectivity index (χ0) is 41.4. The maximum atomic E-state index is 12.7. The zero-order valence-electron chi connectivity index (χ0n) is 36.3. The van der Waals surface area contributed by atoms with E-state index in [1.165, 1.54) is 57.8 Å². The summed E-state index contributed by atoms with van der Waals surface area (Å²) in [5.41, 5.74) is 0. The average molecular weight is 785 g/mol. The van der Waals surface area contributed by atoms with E-state index in [1.807, 2.05) is 21.1 Å². The van der Waals surface area contributed by atoms with Crippen molar-refractivity contribution < 1.29 is 38.2 Å². The Balaban J connectivity index is 4.44. The highest BCUT2D eigenvalue weighted by Gasteiger charge is 2.31. The van der Waals surface area contributed by atoms with Gasteiger partial charge in [0.05, 0.1) is 34.4 Å². The summed E-state index contributed by atoms with van der Waals surface area (Å²) in [6, 6.07) is -0.624. The van der Waals surface area contributed by atoms with Crippen LogP contribution < -0.4 is 0 Å².